The molecule has 0 fully saturated rings. The van der Waals surface area contributed by atoms with E-state index in [4.69, 9.17) is 9.84 Å². The van der Waals surface area contributed by atoms with Gasteiger partial charge >= 0.3 is 5.97 Å². The van der Waals surface area contributed by atoms with Crippen LogP contribution in [0.15, 0.2) is 16.9 Å². The highest BCUT2D eigenvalue weighted by Gasteiger charge is 2.11. The molecule has 6 heteroatoms. The number of carbonyl (C=O) groups is 1. The molecule has 0 radical (unpaired) electrons. The highest BCUT2D eigenvalue weighted by atomic mass is 16.5. The second kappa shape index (κ2) is 5.41. The fraction of sp³-hybridized carbons (Fsp3) is 0.500. The van der Waals surface area contributed by atoms with Gasteiger partial charge in [-0.15, -0.1) is 0 Å². The maximum absolute atomic E-state index is 11.5. The second-order valence-corrected chi connectivity index (χ2v) is 3.44. The molecule has 1 aromatic heterocycles. The fourth-order valence-electron chi connectivity index (χ4n) is 1.27. The topological polar surface area (TPSA) is 81.4 Å². The lowest BCUT2D eigenvalue weighted by Gasteiger charge is -2.13. The Bertz CT molecular complexity index is 427. The van der Waals surface area contributed by atoms with Gasteiger partial charge in [0.1, 0.15) is 0 Å². The van der Waals surface area contributed by atoms with Crippen molar-refractivity contribution < 1.29 is 14.6 Å². The van der Waals surface area contributed by atoms with Gasteiger partial charge in [-0.2, -0.15) is 5.10 Å². The van der Waals surface area contributed by atoms with E-state index in [0.29, 0.717) is 13.0 Å². The Kier molecular flexibility index (Phi) is 4.19. The number of aromatic nitrogens is 2. The number of aromatic carboxylic acids is 1. The molecule has 0 bridgehead atoms. The number of ether oxygens (including phenoxy) is 1. The van der Waals surface area contributed by atoms with Crippen molar-refractivity contribution in [3.63, 3.8) is 0 Å². The molecule has 0 saturated heterocycles. The lowest BCUT2D eigenvalue weighted by atomic mass is 10.2. The fourth-order valence-corrected chi connectivity index (χ4v) is 1.27. The first-order valence-corrected chi connectivity index (χ1v) is 4.88. The molecule has 0 aliphatic carbocycles. The van der Waals surface area contributed by atoms with E-state index in [1.165, 1.54) is 16.8 Å². The minimum atomic E-state index is -1.15. The molecule has 0 aliphatic heterocycles. The summed E-state index contributed by atoms with van der Waals surface area (Å²) in [5.74, 6) is -1.15. The zero-order valence-electron chi connectivity index (χ0n) is 9.21. The van der Waals surface area contributed by atoms with E-state index >= 15 is 0 Å². The van der Waals surface area contributed by atoms with E-state index in [-0.39, 0.29) is 17.3 Å². The second-order valence-electron chi connectivity index (χ2n) is 3.44. The van der Waals surface area contributed by atoms with Gasteiger partial charge in [-0.1, -0.05) is 0 Å². The number of hydrogen-bond acceptors (Lipinski definition) is 4. The van der Waals surface area contributed by atoms with Gasteiger partial charge in [-0.25, -0.2) is 9.48 Å². The summed E-state index contributed by atoms with van der Waals surface area (Å²) in [5, 5.41) is 12.5. The number of hydrogen-bond donors (Lipinski definition) is 1. The van der Waals surface area contributed by atoms with E-state index in [9.17, 15) is 9.59 Å². The Labute approximate surface area is 92.5 Å². The summed E-state index contributed by atoms with van der Waals surface area (Å²) in [6.07, 6.45) is 0.604. The maximum Gasteiger partial charge on any atom is 0.356 e. The first kappa shape index (κ1) is 12.4. The van der Waals surface area contributed by atoms with Crippen molar-refractivity contribution in [2.75, 3.05) is 13.7 Å². The van der Waals surface area contributed by atoms with Crippen molar-refractivity contribution >= 4 is 5.97 Å². The van der Waals surface area contributed by atoms with Crippen LogP contribution in [0.25, 0.3) is 0 Å². The summed E-state index contributed by atoms with van der Waals surface area (Å²) >= 11 is 0. The summed E-state index contributed by atoms with van der Waals surface area (Å²) < 4.78 is 6.06. The molecule has 0 spiro atoms. The average Bonchev–Trinajstić information content (AvgIpc) is 2.26. The van der Waals surface area contributed by atoms with Gasteiger partial charge in [0.05, 0.1) is 6.04 Å². The minimum Gasteiger partial charge on any atom is -0.476 e. The number of carboxylic acid groups (broad SMARTS) is 1. The number of rotatable bonds is 5. The van der Waals surface area contributed by atoms with Crippen LogP contribution < -0.4 is 5.56 Å². The molecular weight excluding hydrogens is 212 g/mol. The maximum atomic E-state index is 11.5. The summed E-state index contributed by atoms with van der Waals surface area (Å²) in [6, 6.07) is 2.22. The third kappa shape index (κ3) is 2.90. The van der Waals surface area contributed by atoms with Gasteiger partial charge in [-0.3, -0.25) is 4.79 Å². The molecule has 1 unspecified atom stereocenters. The highest BCUT2D eigenvalue weighted by molar-refractivity contribution is 5.84. The average molecular weight is 226 g/mol. The van der Waals surface area contributed by atoms with Crippen molar-refractivity contribution in [1.29, 1.82) is 0 Å². The van der Waals surface area contributed by atoms with E-state index in [1.807, 2.05) is 0 Å². The number of nitrogens with zero attached hydrogens (tertiary/aromatic N) is 2. The van der Waals surface area contributed by atoms with Gasteiger partial charge in [0.15, 0.2) is 5.69 Å². The van der Waals surface area contributed by atoms with Crippen molar-refractivity contribution in [2.45, 2.75) is 19.4 Å². The minimum absolute atomic E-state index is 0.135. The normalized spacial score (nSPS) is 12.4. The lowest BCUT2D eigenvalue weighted by Crippen LogP contribution is -2.27. The molecule has 6 nitrogen and oxygen atoms in total. The Balaban J connectivity index is 2.97. The van der Waals surface area contributed by atoms with Gasteiger partial charge < -0.3 is 9.84 Å². The molecule has 1 rings (SSSR count). The largest absolute Gasteiger partial charge is 0.476 e. The molecule has 0 amide bonds. The zero-order valence-corrected chi connectivity index (χ0v) is 9.21. The van der Waals surface area contributed by atoms with E-state index in [2.05, 4.69) is 5.10 Å². The third-order valence-electron chi connectivity index (χ3n) is 2.20. The quantitative estimate of drug-likeness (QED) is 0.792. The van der Waals surface area contributed by atoms with Gasteiger partial charge in [0.25, 0.3) is 5.56 Å². The molecule has 1 aromatic rings. The van der Waals surface area contributed by atoms with Gasteiger partial charge in [0.2, 0.25) is 0 Å². The van der Waals surface area contributed by atoms with Crippen molar-refractivity contribution in [2.24, 2.45) is 0 Å². The smallest absolute Gasteiger partial charge is 0.356 e. The van der Waals surface area contributed by atoms with Crippen molar-refractivity contribution in [3.8, 4) is 0 Å². The molecule has 0 aromatic carbocycles. The Hall–Kier alpha value is -1.69. The highest BCUT2D eigenvalue weighted by Crippen LogP contribution is 2.06. The summed E-state index contributed by atoms with van der Waals surface area (Å²) in [7, 11) is 1.57. The molecule has 1 N–H and O–H groups in total. The SMILES string of the molecule is COCCC(C)n1nc(C(=O)O)ccc1=O. The molecule has 0 aliphatic rings. The van der Waals surface area contributed by atoms with Crippen LogP contribution in [-0.2, 0) is 4.74 Å². The summed E-state index contributed by atoms with van der Waals surface area (Å²) in [4.78, 5) is 22.2. The lowest BCUT2D eigenvalue weighted by molar-refractivity contribution is 0.0686. The third-order valence-corrected chi connectivity index (χ3v) is 2.20. The number of methoxy groups -OCH3 is 1. The molecule has 1 atom stereocenters. The molecule has 1 heterocycles. The molecule has 0 saturated carbocycles. The first-order chi connectivity index (χ1) is 7.56. The van der Waals surface area contributed by atoms with Crippen molar-refractivity contribution in [1.82, 2.24) is 9.78 Å². The van der Waals surface area contributed by atoms with Crippen LogP contribution in [0.2, 0.25) is 0 Å². The molecule has 88 valence electrons. The monoisotopic (exact) mass is 226 g/mol. The Morgan fingerprint density at radius 2 is 2.31 bits per heavy atom. The van der Waals surface area contributed by atoms with Crippen LogP contribution >= 0.6 is 0 Å². The van der Waals surface area contributed by atoms with Crippen LogP contribution in [0.4, 0.5) is 0 Å². The van der Waals surface area contributed by atoms with Crippen LogP contribution in [-0.4, -0.2) is 34.6 Å². The summed E-state index contributed by atoms with van der Waals surface area (Å²) in [5.41, 5.74) is -0.447. The Morgan fingerprint density at radius 3 is 2.88 bits per heavy atom. The van der Waals surface area contributed by atoms with E-state index in [1.54, 1.807) is 14.0 Å². The predicted octanol–water partition coefficient (Wildman–Crippen LogP) is 0.539. The van der Waals surface area contributed by atoms with Crippen LogP contribution in [0.1, 0.15) is 29.9 Å². The Morgan fingerprint density at radius 1 is 1.62 bits per heavy atom. The van der Waals surface area contributed by atoms with Crippen molar-refractivity contribution in [3.05, 3.63) is 28.2 Å². The standard InChI is InChI=1S/C10H14N2O4/c1-7(5-6-16-2)12-9(13)4-3-8(11-12)10(14)15/h3-4,7H,5-6H2,1-2H3,(H,14,15). The molecular formula is C10H14N2O4. The van der Waals surface area contributed by atoms with Crippen LogP contribution in [0.3, 0.4) is 0 Å². The van der Waals surface area contributed by atoms with E-state index in [0.717, 1.165) is 0 Å². The summed E-state index contributed by atoms with van der Waals surface area (Å²) in [6.45, 7) is 2.28. The predicted molar refractivity (Wildman–Crippen MR) is 56.7 cm³/mol. The van der Waals surface area contributed by atoms with Gasteiger partial charge in [0, 0.05) is 19.8 Å². The van der Waals surface area contributed by atoms with E-state index < -0.39 is 5.97 Å². The zero-order chi connectivity index (χ0) is 12.1. The van der Waals surface area contributed by atoms with Gasteiger partial charge in [-0.05, 0) is 19.4 Å². The van der Waals surface area contributed by atoms with Crippen LogP contribution in [0.5, 0.6) is 0 Å². The number of carboxylic acids is 1. The first-order valence-electron chi connectivity index (χ1n) is 4.88. The molecule has 16 heavy (non-hydrogen) atoms. The van der Waals surface area contributed by atoms with Crippen LogP contribution in [0, 0.1) is 0 Å².